The van der Waals surface area contributed by atoms with Crippen LogP contribution in [0, 0.1) is 11.8 Å². The Bertz CT molecular complexity index is 731. The fourth-order valence-corrected chi connectivity index (χ4v) is 1.61. The molecule has 0 aliphatic carbocycles. The summed E-state index contributed by atoms with van der Waals surface area (Å²) < 4.78 is 0. The zero-order valence-electron chi connectivity index (χ0n) is 12.3. The van der Waals surface area contributed by atoms with Gasteiger partial charge in [-0.2, -0.15) is 0 Å². The maximum absolute atomic E-state index is 11.0. The number of hydrogen-bond acceptors (Lipinski definition) is 4. The standard InChI is InChI=1S/C16H10O4.2K/c17-15(18)13-9-8-12(14(10-13)16(19)20)7-6-11-4-2-1-3-5-11;;/h1-5,8-10H,(H,17,18)(H,19,20);;/q;2*+1/p-2. The van der Waals surface area contributed by atoms with Gasteiger partial charge in [0.05, 0.1) is 11.9 Å². The van der Waals surface area contributed by atoms with E-state index in [1.807, 2.05) is 18.2 Å². The molecule has 0 spiro atoms. The SMILES string of the molecule is O=C([O-])c1ccc(C#Cc2ccccc2)c(C(=O)[O-])c1.[K+].[K+]. The van der Waals surface area contributed by atoms with Gasteiger partial charge in [0.2, 0.25) is 0 Å². The zero-order chi connectivity index (χ0) is 14.5. The third kappa shape index (κ3) is 6.37. The first-order valence-corrected chi connectivity index (χ1v) is 5.72. The number of carboxylic acids is 2. The number of hydrogen-bond donors (Lipinski definition) is 0. The van der Waals surface area contributed by atoms with Gasteiger partial charge in [-0.1, -0.05) is 36.1 Å². The molecule has 0 radical (unpaired) electrons. The van der Waals surface area contributed by atoms with E-state index in [4.69, 9.17) is 0 Å². The van der Waals surface area contributed by atoms with Crippen molar-refractivity contribution in [2.24, 2.45) is 0 Å². The molecule has 0 aliphatic heterocycles. The second-order valence-electron chi connectivity index (χ2n) is 3.95. The molecule has 2 rings (SSSR count). The molecule has 98 valence electrons. The molecule has 0 aliphatic rings. The number of benzene rings is 2. The quantitative estimate of drug-likeness (QED) is 0.402. The van der Waals surface area contributed by atoms with Gasteiger partial charge in [0, 0.05) is 16.7 Å². The molecule has 6 heteroatoms. The molecule has 0 N–H and O–H groups in total. The van der Waals surface area contributed by atoms with Crippen LogP contribution >= 0.6 is 0 Å². The average Bonchev–Trinajstić information content (AvgIpc) is 2.45. The molecule has 0 fully saturated rings. The molecule has 0 saturated heterocycles. The van der Waals surface area contributed by atoms with Crippen LogP contribution in [0.3, 0.4) is 0 Å². The van der Waals surface area contributed by atoms with Crippen molar-refractivity contribution in [1.29, 1.82) is 0 Å². The van der Waals surface area contributed by atoms with Crippen molar-refractivity contribution in [1.82, 2.24) is 0 Å². The molecule has 0 amide bonds. The minimum absolute atomic E-state index is 0. The van der Waals surface area contributed by atoms with Crippen molar-refractivity contribution >= 4 is 11.9 Å². The number of carbonyl (C=O) groups is 2. The third-order valence-corrected chi connectivity index (χ3v) is 2.59. The maximum Gasteiger partial charge on any atom is 1.00 e. The van der Waals surface area contributed by atoms with Crippen molar-refractivity contribution in [3.8, 4) is 11.8 Å². The summed E-state index contributed by atoms with van der Waals surface area (Å²) in [6, 6.07) is 12.6. The van der Waals surface area contributed by atoms with Crippen LogP contribution in [0.15, 0.2) is 48.5 Å². The van der Waals surface area contributed by atoms with E-state index in [9.17, 15) is 19.8 Å². The number of carbonyl (C=O) groups excluding carboxylic acids is 2. The first kappa shape index (κ1) is 22.2. The van der Waals surface area contributed by atoms with Crippen LogP contribution in [0.2, 0.25) is 0 Å². The normalized spacial score (nSPS) is 8.55. The molecule has 0 saturated carbocycles. The van der Waals surface area contributed by atoms with Crippen molar-refractivity contribution in [3.05, 3.63) is 70.8 Å². The zero-order valence-corrected chi connectivity index (χ0v) is 18.5. The van der Waals surface area contributed by atoms with E-state index >= 15 is 0 Å². The van der Waals surface area contributed by atoms with Crippen molar-refractivity contribution in [2.75, 3.05) is 0 Å². The van der Waals surface area contributed by atoms with E-state index in [0.717, 1.165) is 11.6 Å². The number of rotatable bonds is 2. The first-order chi connectivity index (χ1) is 9.58. The second kappa shape index (κ2) is 10.9. The number of aromatic carboxylic acids is 2. The molecular formula is C16H8K2O4. The Morgan fingerprint density at radius 1 is 0.818 bits per heavy atom. The summed E-state index contributed by atoms with van der Waals surface area (Å²) in [5, 5.41) is 21.7. The van der Waals surface area contributed by atoms with Gasteiger partial charge >= 0.3 is 103 Å². The van der Waals surface area contributed by atoms with Gasteiger partial charge in [-0.25, -0.2) is 0 Å². The topological polar surface area (TPSA) is 80.3 Å². The van der Waals surface area contributed by atoms with Crippen LogP contribution in [0.1, 0.15) is 31.8 Å². The van der Waals surface area contributed by atoms with Crippen LogP contribution in [0.5, 0.6) is 0 Å². The smallest absolute Gasteiger partial charge is 0.545 e. The van der Waals surface area contributed by atoms with Gasteiger partial charge in [0.25, 0.3) is 0 Å². The van der Waals surface area contributed by atoms with Gasteiger partial charge in [-0.15, -0.1) is 0 Å². The van der Waals surface area contributed by atoms with Gasteiger partial charge in [-0.05, 0) is 29.8 Å². The maximum atomic E-state index is 11.0. The van der Waals surface area contributed by atoms with Crippen LogP contribution < -0.4 is 113 Å². The summed E-state index contributed by atoms with van der Waals surface area (Å²) in [7, 11) is 0. The Hall–Kier alpha value is 0.213. The van der Waals surface area contributed by atoms with Gasteiger partial charge in [0.1, 0.15) is 0 Å². The summed E-state index contributed by atoms with van der Waals surface area (Å²) in [5.74, 6) is 2.56. The molecule has 2 aromatic rings. The summed E-state index contributed by atoms with van der Waals surface area (Å²) in [5.41, 5.74) is 0.421. The van der Waals surface area contributed by atoms with Gasteiger partial charge in [0.15, 0.2) is 0 Å². The summed E-state index contributed by atoms with van der Waals surface area (Å²) in [4.78, 5) is 21.7. The Balaban J connectivity index is 0.00000220. The Kier molecular flexibility index (Phi) is 11.0. The molecular weight excluding hydrogens is 334 g/mol. The van der Waals surface area contributed by atoms with Crippen LogP contribution in [-0.2, 0) is 0 Å². The largest absolute Gasteiger partial charge is 1.00 e. The number of carboxylic acid groups (broad SMARTS) is 2. The van der Waals surface area contributed by atoms with Crippen LogP contribution in [-0.4, -0.2) is 11.9 Å². The fraction of sp³-hybridized carbons (Fsp3) is 0. The fourth-order valence-electron chi connectivity index (χ4n) is 1.61. The Morgan fingerprint density at radius 2 is 1.45 bits per heavy atom. The molecule has 2 aromatic carbocycles. The predicted octanol–water partition coefficient (Wildman–Crippen LogP) is -6.18. The van der Waals surface area contributed by atoms with E-state index in [1.165, 1.54) is 12.1 Å². The molecule has 0 atom stereocenters. The van der Waals surface area contributed by atoms with E-state index in [2.05, 4.69) is 11.8 Å². The Morgan fingerprint density at radius 3 is 2.00 bits per heavy atom. The predicted molar refractivity (Wildman–Crippen MR) is 67.5 cm³/mol. The Labute approximate surface area is 213 Å². The summed E-state index contributed by atoms with van der Waals surface area (Å²) in [6.07, 6.45) is 0. The van der Waals surface area contributed by atoms with Crippen molar-refractivity contribution in [3.63, 3.8) is 0 Å². The monoisotopic (exact) mass is 342 g/mol. The minimum atomic E-state index is -1.48. The summed E-state index contributed by atoms with van der Waals surface area (Å²) in [6.45, 7) is 0. The molecule has 4 nitrogen and oxygen atoms in total. The molecule has 0 bridgehead atoms. The van der Waals surface area contributed by atoms with E-state index in [0.29, 0.717) is 0 Å². The molecule has 0 aromatic heterocycles. The molecule has 0 heterocycles. The van der Waals surface area contributed by atoms with Gasteiger partial charge < -0.3 is 19.8 Å². The average molecular weight is 342 g/mol. The molecule has 0 unspecified atom stereocenters. The third-order valence-electron chi connectivity index (χ3n) is 2.59. The van der Waals surface area contributed by atoms with Crippen LogP contribution in [0.4, 0.5) is 0 Å². The van der Waals surface area contributed by atoms with E-state index in [1.54, 1.807) is 12.1 Å². The minimum Gasteiger partial charge on any atom is -0.545 e. The summed E-state index contributed by atoms with van der Waals surface area (Å²) >= 11 is 0. The molecule has 22 heavy (non-hydrogen) atoms. The van der Waals surface area contributed by atoms with E-state index in [-0.39, 0.29) is 119 Å². The van der Waals surface area contributed by atoms with Gasteiger partial charge in [-0.3, -0.25) is 0 Å². The van der Waals surface area contributed by atoms with E-state index < -0.39 is 11.9 Å². The first-order valence-electron chi connectivity index (χ1n) is 5.72. The second-order valence-corrected chi connectivity index (χ2v) is 3.95. The van der Waals surface area contributed by atoms with Crippen molar-refractivity contribution in [2.45, 2.75) is 0 Å². The van der Waals surface area contributed by atoms with Crippen molar-refractivity contribution < 1.29 is 123 Å². The van der Waals surface area contributed by atoms with Crippen LogP contribution in [0.25, 0.3) is 0 Å².